The zero-order valence-electron chi connectivity index (χ0n) is 22.4. The first-order chi connectivity index (χ1) is 17.8. The highest BCUT2D eigenvalue weighted by molar-refractivity contribution is 5.95. The fraction of sp³-hybridized carbons (Fsp3) is 0.577. The quantitative estimate of drug-likeness (QED) is 0.538. The number of rotatable bonds is 6. The molecule has 1 atom stereocenters. The molecule has 0 radical (unpaired) electrons. The molecule has 9 nitrogen and oxygen atoms in total. The van der Waals surface area contributed by atoms with E-state index < -0.39 is 29.8 Å². The van der Waals surface area contributed by atoms with Crippen LogP contribution in [-0.2, 0) is 15.7 Å². The van der Waals surface area contributed by atoms with Crippen LogP contribution in [0.1, 0.15) is 51.8 Å². The van der Waals surface area contributed by atoms with E-state index in [0.29, 0.717) is 31.9 Å². The summed E-state index contributed by atoms with van der Waals surface area (Å²) in [5.41, 5.74) is -1.28. The van der Waals surface area contributed by atoms with Crippen LogP contribution >= 0.6 is 0 Å². The lowest BCUT2D eigenvalue weighted by atomic mass is 9.90. The van der Waals surface area contributed by atoms with Crippen LogP contribution in [-0.4, -0.2) is 84.1 Å². The van der Waals surface area contributed by atoms with Crippen molar-refractivity contribution >= 4 is 18.0 Å². The monoisotopic (exact) mass is 539 g/mol. The molecule has 1 aromatic carbocycles. The Kier molecular flexibility index (Phi) is 8.96. The first-order valence-corrected chi connectivity index (χ1v) is 12.7. The number of alkyl halides is 3. The number of benzene rings is 1. The molecule has 0 saturated carbocycles. The van der Waals surface area contributed by atoms with Crippen LogP contribution < -0.4 is 10.6 Å². The second-order valence-corrected chi connectivity index (χ2v) is 10.2. The third-order valence-electron chi connectivity index (χ3n) is 6.34. The molecule has 2 aliphatic rings. The van der Waals surface area contributed by atoms with E-state index in [1.807, 2.05) is 25.7 Å². The highest BCUT2D eigenvalue weighted by Gasteiger charge is 2.43. The number of urea groups is 2. The van der Waals surface area contributed by atoms with Gasteiger partial charge in [0.2, 0.25) is 0 Å². The Labute approximate surface area is 221 Å². The minimum absolute atomic E-state index is 0.0187. The normalized spacial score (nSPS) is 19.4. The fourth-order valence-corrected chi connectivity index (χ4v) is 4.62. The molecule has 0 unspecified atom stereocenters. The summed E-state index contributed by atoms with van der Waals surface area (Å²) in [6.07, 6.45) is -4.69. The number of carbonyl (C=O) groups is 3. The van der Waals surface area contributed by atoms with Gasteiger partial charge in [-0.15, -0.1) is 0 Å². The Balaban J connectivity index is 1.98. The molecule has 2 heterocycles. The number of carbonyl (C=O) groups excluding carboxylic acids is 3. The van der Waals surface area contributed by atoms with Crippen molar-refractivity contribution in [1.29, 1.82) is 0 Å². The van der Waals surface area contributed by atoms with Crippen molar-refractivity contribution in [1.82, 2.24) is 25.3 Å². The average Bonchev–Trinajstić information content (AvgIpc) is 2.83. The number of hydrogen-bond donors (Lipinski definition) is 2. The summed E-state index contributed by atoms with van der Waals surface area (Å²) in [5, 5.41) is 5.52. The van der Waals surface area contributed by atoms with Gasteiger partial charge >= 0.3 is 24.2 Å². The predicted molar refractivity (Wildman–Crippen MR) is 135 cm³/mol. The smallest absolute Gasteiger partial charge is 0.416 e. The number of ether oxygens (including phenoxy) is 1. The first kappa shape index (κ1) is 29.3. The number of nitrogens with one attached hydrogen (secondary N) is 2. The van der Waals surface area contributed by atoms with Gasteiger partial charge in [-0.3, -0.25) is 9.80 Å². The Bertz CT molecular complexity index is 1080. The number of likely N-dealkylation sites (N-methyl/N-ethyl adjacent to an activating group) is 1. The third kappa shape index (κ3) is 6.77. The molecule has 3 rings (SSSR count). The number of piperazine rings is 1. The Morgan fingerprint density at radius 1 is 1.08 bits per heavy atom. The largest absolute Gasteiger partial charge is 0.463 e. The summed E-state index contributed by atoms with van der Waals surface area (Å²) in [5.74, 6) is -0.786. The van der Waals surface area contributed by atoms with E-state index in [-0.39, 0.29) is 42.4 Å². The summed E-state index contributed by atoms with van der Waals surface area (Å²) in [4.78, 5) is 43.9. The molecular formula is C26H36F3N5O4. The van der Waals surface area contributed by atoms with E-state index in [2.05, 4.69) is 10.6 Å². The van der Waals surface area contributed by atoms with E-state index in [1.165, 1.54) is 23.1 Å². The van der Waals surface area contributed by atoms with Gasteiger partial charge in [0.15, 0.2) is 0 Å². The SMILES string of the molecule is CCOC(=O)C1=C(CN2CCN(C(=O)NC(C)(C)C)CC2)N(CC)C(=O)N[C@H]1c1ccccc1C(F)(F)F. The highest BCUT2D eigenvalue weighted by Crippen LogP contribution is 2.39. The summed E-state index contributed by atoms with van der Waals surface area (Å²) < 4.78 is 46.9. The molecule has 2 N–H and O–H groups in total. The van der Waals surface area contributed by atoms with Crippen LogP contribution in [0.3, 0.4) is 0 Å². The van der Waals surface area contributed by atoms with E-state index in [0.717, 1.165) is 6.07 Å². The van der Waals surface area contributed by atoms with Crippen molar-refractivity contribution in [3.8, 4) is 0 Å². The third-order valence-corrected chi connectivity index (χ3v) is 6.34. The van der Waals surface area contributed by atoms with Gasteiger partial charge in [0.05, 0.1) is 23.8 Å². The summed E-state index contributed by atoms with van der Waals surface area (Å²) >= 11 is 0. The van der Waals surface area contributed by atoms with Crippen molar-refractivity contribution in [3.05, 3.63) is 46.7 Å². The molecule has 0 bridgehead atoms. The maximum absolute atomic E-state index is 13.9. The van der Waals surface area contributed by atoms with Gasteiger partial charge in [0.25, 0.3) is 0 Å². The maximum atomic E-state index is 13.9. The fourth-order valence-electron chi connectivity index (χ4n) is 4.62. The lowest BCUT2D eigenvalue weighted by Gasteiger charge is -2.41. The molecular weight excluding hydrogens is 503 g/mol. The summed E-state index contributed by atoms with van der Waals surface area (Å²) in [6.45, 7) is 11.1. The zero-order chi connectivity index (χ0) is 28.3. The van der Waals surface area contributed by atoms with Gasteiger partial charge in [-0.25, -0.2) is 14.4 Å². The van der Waals surface area contributed by atoms with Crippen molar-refractivity contribution in [2.24, 2.45) is 0 Å². The molecule has 2 aliphatic heterocycles. The van der Waals surface area contributed by atoms with E-state index in [4.69, 9.17) is 4.74 Å². The van der Waals surface area contributed by atoms with E-state index in [9.17, 15) is 27.6 Å². The van der Waals surface area contributed by atoms with E-state index in [1.54, 1.807) is 18.7 Å². The molecule has 12 heteroatoms. The van der Waals surface area contributed by atoms with Crippen LogP contribution in [0.15, 0.2) is 35.5 Å². The molecule has 210 valence electrons. The Morgan fingerprint density at radius 2 is 1.71 bits per heavy atom. The standard InChI is InChI=1S/C26H36F3N5O4/c1-6-34-19(16-32-12-14-33(15-13-32)24(37)31-25(3,4)5)20(22(35)38-7-2)21(30-23(34)36)17-10-8-9-11-18(17)26(27,28)29/h8-11,21H,6-7,12-16H2,1-5H3,(H,30,36)(H,31,37)/t21-/m0/s1. The van der Waals surface area contributed by atoms with Crippen LogP contribution in [0, 0.1) is 0 Å². The van der Waals surface area contributed by atoms with Crippen LogP contribution in [0.2, 0.25) is 0 Å². The molecule has 1 aromatic rings. The summed E-state index contributed by atoms with van der Waals surface area (Å²) in [6, 6.07) is 2.78. The Hall–Kier alpha value is -3.28. The van der Waals surface area contributed by atoms with Gasteiger partial charge in [-0.2, -0.15) is 13.2 Å². The number of halogens is 3. The number of amides is 4. The molecule has 1 fully saturated rings. The van der Waals surface area contributed by atoms with Crippen LogP contribution in [0.4, 0.5) is 22.8 Å². The minimum Gasteiger partial charge on any atom is -0.463 e. The van der Waals surface area contributed by atoms with Gasteiger partial charge in [-0.1, -0.05) is 18.2 Å². The molecule has 0 aromatic heterocycles. The Morgan fingerprint density at radius 3 is 2.26 bits per heavy atom. The maximum Gasteiger partial charge on any atom is 0.416 e. The summed E-state index contributed by atoms with van der Waals surface area (Å²) in [7, 11) is 0. The average molecular weight is 540 g/mol. The van der Waals surface area contributed by atoms with Crippen molar-refractivity contribution in [3.63, 3.8) is 0 Å². The second-order valence-electron chi connectivity index (χ2n) is 10.2. The predicted octanol–water partition coefficient (Wildman–Crippen LogP) is 3.73. The molecule has 1 saturated heterocycles. The lowest BCUT2D eigenvalue weighted by Crippen LogP contribution is -2.56. The van der Waals surface area contributed by atoms with E-state index >= 15 is 0 Å². The van der Waals surface area contributed by atoms with Crippen molar-refractivity contribution in [2.75, 3.05) is 45.9 Å². The molecule has 38 heavy (non-hydrogen) atoms. The van der Waals surface area contributed by atoms with Gasteiger partial charge in [0, 0.05) is 50.5 Å². The number of esters is 1. The van der Waals surface area contributed by atoms with Gasteiger partial charge in [-0.05, 0) is 46.2 Å². The minimum atomic E-state index is -4.69. The van der Waals surface area contributed by atoms with Crippen molar-refractivity contribution < 1.29 is 32.3 Å². The number of nitrogens with zero attached hydrogens (tertiary/aromatic N) is 3. The molecule has 0 spiro atoms. The number of hydrogen-bond acceptors (Lipinski definition) is 5. The molecule has 4 amide bonds. The van der Waals surface area contributed by atoms with Crippen molar-refractivity contribution in [2.45, 2.75) is 52.4 Å². The lowest BCUT2D eigenvalue weighted by molar-refractivity contribution is -0.141. The topological polar surface area (TPSA) is 94.2 Å². The highest BCUT2D eigenvalue weighted by atomic mass is 19.4. The van der Waals surface area contributed by atoms with Crippen LogP contribution in [0.5, 0.6) is 0 Å². The van der Waals surface area contributed by atoms with Gasteiger partial charge in [0.1, 0.15) is 0 Å². The molecule has 0 aliphatic carbocycles. The van der Waals surface area contributed by atoms with Crippen LogP contribution in [0.25, 0.3) is 0 Å². The second kappa shape index (κ2) is 11.6. The first-order valence-electron chi connectivity index (χ1n) is 12.7. The zero-order valence-corrected chi connectivity index (χ0v) is 22.4. The van der Waals surface area contributed by atoms with Gasteiger partial charge < -0.3 is 20.3 Å².